The molecule has 3 aromatic rings. The Morgan fingerprint density at radius 1 is 1.07 bits per heavy atom. The van der Waals surface area contributed by atoms with Crippen LogP contribution in [0, 0.1) is 19.8 Å². The zero-order valence-electron chi connectivity index (χ0n) is 17.7. The van der Waals surface area contributed by atoms with E-state index in [9.17, 15) is 0 Å². The molecular weight excluding hydrogens is 346 g/mol. The van der Waals surface area contributed by atoms with Crippen molar-refractivity contribution in [2.24, 2.45) is 5.92 Å². The smallest absolute Gasteiger partial charge is 0.121 e. The number of aryl methyl sites for hydroxylation is 2. The topological polar surface area (TPSA) is 41.1 Å². The molecule has 2 heterocycles. The highest BCUT2D eigenvalue weighted by molar-refractivity contribution is 5.82. The van der Waals surface area contributed by atoms with Crippen molar-refractivity contribution in [2.75, 3.05) is 19.7 Å². The maximum Gasteiger partial charge on any atom is 0.121 e. The van der Waals surface area contributed by atoms with Crippen molar-refractivity contribution in [1.29, 1.82) is 0 Å². The van der Waals surface area contributed by atoms with Crippen LogP contribution in [0.25, 0.3) is 10.9 Å². The molecule has 4 heteroatoms. The van der Waals surface area contributed by atoms with Crippen molar-refractivity contribution in [3.63, 3.8) is 0 Å². The SMILES string of the molecule is CC.Cc1ccccc1CN1CCC(COc2ccc3c(C)[nH]nc3c2)CC1. The number of nitrogens with one attached hydrogen (secondary N) is 1. The first-order chi connectivity index (χ1) is 13.7. The summed E-state index contributed by atoms with van der Waals surface area (Å²) in [5.74, 6) is 1.56. The lowest BCUT2D eigenvalue weighted by atomic mass is 9.97. The zero-order chi connectivity index (χ0) is 19.9. The maximum atomic E-state index is 6.06. The molecule has 0 amide bonds. The molecule has 150 valence electrons. The average Bonchev–Trinajstić information content (AvgIpc) is 3.11. The summed E-state index contributed by atoms with van der Waals surface area (Å²) in [5, 5.41) is 8.51. The van der Waals surface area contributed by atoms with Gasteiger partial charge in [0.25, 0.3) is 0 Å². The van der Waals surface area contributed by atoms with Crippen molar-refractivity contribution >= 4 is 10.9 Å². The molecule has 1 aliphatic heterocycles. The van der Waals surface area contributed by atoms with Crippen LogP contribution in [-0.2, 0) is 6.54 Å². The predicted octanol–water partition coefficient (Wildman–Crippen LogP) is 5.50. The van der Waals surface area contributed by atoms with Gasteiger partial charge in [0.1, 0.15) is 5.75 Å². The van der Waals surface area contributed by atoms with E-state index in [1.54, 1.807) is 0 Å². The second kappa shape index (κ2) is 9.74. The number of piperidine rings is 1. The number of hydrogen-bond donors (Lipinski definition) is 1. The van der Waals surface area contributed by atoms with Gasteiger partial charge in [-0.3, -0.25) is 10.00 Å². The van der Waals surface area contributed by atoms with Crippen LogP contribution in [0.2, 0.25) is 0 Å². The highest BCUT2D eigenvalue weighted by Crippen LogP contribution is 2.24. The van der Waals surface area contributed by atoms with Crippen LogP contribution in [0.5, 0.6) is 5.75 Å². The lowest BCUT2D eigenvalue weighted by Gasteiger charge is -2.32. The number of ether oxygens (including phenoxy) is 1. The molecule has 0 atom stereocenters. The van der Waals surface area contributed by atoms with Crippen molar-refractivity contribution in [3.8, 4) is 5.75 Å². The first-order valence-corrected chi connectivity index (χ1v) is 10.5. The van der Waals surface area contributed by atoms with Gasteiger partial charge in [0.15, 0.2) is 0 Å². The van der Waals surface area contributed by atoms with Crippen LogP contribution in [0.4, 0.5) is 0 Å². The van der Waals surface area contributed by atoms with Gasteiger partial charge in [-0.1, -0.05) is 38.1 Å². The largest absolute Gasteiger partial charge is 0.493 e. The van der Waals surface area contributed by atoms with E-state index >= 15 is 0 Å². The lowest BCUT2D eigenvalue weighted by molar-refractivity contribution is 0.136. The minimum atomic E-state index is 0.639. The van der Waals surface area contributed by atoms with Gasteiger partial charge in [-0.2, -0.15) is 5.10 Å². The van der Waals surface area contributed by atoms with Gasteiger partial charge >= 0.3 is 0 Å². The molecule has 1 N–H and O–H groups in total. The number of likely N-dealkylation sites (tertiary alicyclic amines) is 1. The quantitative estimate of drug-likeness (QED) is 0.637. The Bertz CT molecular complexity index is 878. The molecule has 0 saturated carbocycles. The minimum absolute atomic E-state index is 0.639. The molecule has 4 nitrogen and oxygen atoms in total. The highest BCUT2D eigenvalue weighted by Gasteiger charge is 2.20. The Morgan fingerprint density at radius 2 is 1.82 bits per heavy atom. The van der Waals surface area contributed by atoms with E-state index in [0.717, 1.165) is 43.2 Å². The van der Waals surface area contributed by atoms with Crippen LogP contribution >= 0.6 is 0 Å². The van der Waals surface area contributed by atoms with E-state index in [1.807, 2.05) is 26.8 Å². The first-order valence-electron chi connectivity index (χ1n) is 10.5. The number of H-pyrrole nitrogens is 1. The molecule has 1 aromatic heterocycles. The Hall–Kier alpha value is -2.33. The van der Waals surface area contributed by atoms with Gasteiger partial charge in [-0.25, -0.2) is 0 Å². The highest BCUT2D eigenvalue weighted by atomic mass is 16.5. The summed E-state index contributed by atoms with van der Waals surface area (Å²) in [7, 11) is 0. The Balaban J connectivity index is 0.00000109. The number of nitrogens with zero attached hydrogens (tertiary/aromatic N) is 2. The molecule has 4 rings (SSSR count). The number of aromatic nitrogens is 2. The second-order valence-corrected chi connectivity index (χ2v) is 7.48. The van der Waals surface area contributed by atoms with E-state index < -0.39 is 0 Å². The third-order valence-corrected chi connectivity index (χ3v) is 5.57. The maximum absolute atomic E-state index is 6.06. The fraction of sp³-hybridized carbons (Fsp3) is 0.458. The normalized spacial score (nSPS) is 15.3. The van der Waals surface area contributed by atoms with Gasteiger partial charge in [0.2, 0.25) is 0 Å². The van der Waals surface area contributed by atoms with Gasteiger partial charge in [0, 0.05) is 23.7 Å². The van der Waals surface area contributed by atoms with Gasteiger partial charge < -0.3 is 4.74 Å². The zero-order valence-corrected chi connectivity index (χ0v) is 17.7. The van der Waals surface area contributed by atoms with Crippen LogP contribution in [0.3, 0.4) is 0 Å². The van der Waals surface area contributed by atoms with E-state index in [0.29, 0.717) is 5.92 Å². The lowest BCUT2D eigenvalue weighted by Crippen LogP contribution is -2.35. The molecule has 0 radical (unpaired) electrons. The van der Waals surface area contributed by atoms with Crippen LogP contribution in [0.15, 0.2) is 42.5 Å². The van der Waals surface area contributed by atoms with Crippen molar-refractivity contribution < 1.29 is 4.74 Å². The summed E-state index contributed by atoms with van der Waals surface area (Å²) >= 11 is 0. The fourth-order valence-electron chi connectivity index (χ4n) is 3.77. The Labute approximate surface area is 168 Å². The number of aromatic amines is 1. The van der Waals surface area contributed by atoms with Crippen LogP contribution < -0.4 is 4.74 Å². The Kier molecular flexibility index (Phi) is 7.10. The van der Waals surface area contributed by atoms with Crippen molar-refractivity contribution in [3.05, 3.63) is 59.3 Å². The summed E-state index contributed by atoms with van der Waals surface area (Å²) < 4.78 is 6.06. The summed E-state index contributed by atoms with van der Waals surface area (Å²) in [5.41, 5.74) is 4.92. The molecule has 0 unspecified atom stereocenters. The average molecular weight is 380 g/mol. The number of hydrogen-bond acceptors (Lipinski definition) is 3. The fourth-order valence-corrected chi connectivity index (χ4v) is 3.77. The minimum Gasteiger partial charge on any atom is -0.493 e. The number of fused-ring (bicyclic) bond motifs is 1. The van der Waals surface area contributed by atoms with Crippen LogP contribution in [-0.4, -0.2) is 34.8 Å². The van der Waals surface area contributed by atoms with E-state index in [1.165, 1.54) is 29.4 Å². The van der Waals surface area contributed by atoms with E-state index in [4.69, 9.17) is 4.74 Å². The summed E-state index contributed by atoms with van der Waals surface area (Å²) in [6.45, 7) is 12.4. The third kappa shape index (κ3) is 4.93. The van der Waals surface area contributed by atoms with E-state index in [2.05, 4.69) is 58.4 Å². The van der Waals surface area contributed by atoms with Gasteiger partial charge in [0.05, 0.1) is 12.1 Å². The molecule has 1 aliphatic rings. The van der Waals surface area contributed by atoms with Crippen molar-refractivity contribution in [2.45, 2.75) is 47.1 Å². The van der Waals surface area contributed by atoms with E-state index in [-0.39, 0.29) is 0 Å². The molecule has 0 spiro atoms. The summed E-state index contributed by atoms with van der Waals surface area (Å²) in [6.07, 6.45) is 2.41. The molecule has 2 aromatic carbocycles. The van der Waals surface area contributed by atoms with Gasteiger partial charge in [-0.15, -0.1) is 0 Å². The monoisotopic (exact) mass is 379 g/mol. The van der Waals surface area contributed by atoms with Crippen LogP contribution in [0.1, 0.15) is 43.5 Å². The molecule has 1 fully saturated rings. The number of benzene rings is 2. The third-order valence-electron chi connectivity index (χ3n) is 5.57. The standard InChI is InChI=1S/C22H27N3O.C2H6/c1-16-5-3-4-6-19(16)14-25-11-9-18(10-12-25)15-26-20-7-8-21-17(2)23-24-22(21)13-20;1-2/h3-8,13,18H,9-12,14-15H2,1-2H3,(H,23,24);1-2H3. The van der Waals surface area contributed by atoms with Crippen molar-refractivity contribution in [1.82, 2.24) is 15.1 Å². The second-order valence-electron chi connectivity index (χ2n) is 7.48. The molecular formula is C24H33N3O. The summed E-state index contributed by atoms with van der Waals surface area (Å²) in [4.78, 5) is 2.57. The Morgan fingerprint density at radius 3 is 2.57 bits per heavy atom. The first kappa shape index (κ1) is 20.4. The molecule has 1 saturated heterocycles. The summed E-state index contributed by atoms with van der Waals surface area (Å²) in [6, 6.07) is 14.9. The number of rotatable bonds is 5. The predicted molar refractivity (Wildman–Crippen MR) is 117 cm³/mol. The molecule has 0 aliphatic carbocycles. The molecule has 0 bridgehead atoms. The molecule has 28 heavy (non-hydrogen) atoms. The van der Waals surface area contributed by atoms with Gasteiger partial charge in [-0.05, 0) is 69.0 Å².